The zero-order valence-corrected chi connectivity index (χ0v) is 25.3. The van der Waals surface area contributed by atoms with Crippen molar-refractivity contribution in [1.82, 2.24) is 0 Å². The highest BCUT2D eigenvalue weighted by molar-refractivity contribution is 6.75. The van der Waals surface area contributed by atoms with Gasteiger partial charge in [0.2, 0.25) is 8.32 Å². The minimum Gasteiger partial charge on any atom is -0.493 e. The second-order valence-corrected chi connectivity index (χ2v) is 16.9. The Morgan fingerprint density at radius 3 is 1.95 bits per heavy atom. The standard InChI is InChI=1S/C34H42O5Si/c1-32(2,3)40(24-27-12-8-6-9-13-27,25-28-14-10-7-11-15-28)39-33(4)20-21-36-30-23-37-31(38-34(30,33)5)29-18-16-26(22-35)17-19-29/h6-21,30-31,35H,22-25H2,1-5H3/t30?,31?,33-,34-/m1/s1. The van der Waals surface area contributed by atoms with Crippen LogP contribution in [0.2, 0.25) is 5.04 Å². The SMILES string of the molecule is CC(C)(C)[Si](Cc1ccccc1)(Cc1ccccc1)O[C@]1(C)C=COC2COC(c3ccc(CO)cc3)O[C@]21C. The van der Waals surface area contributed by atoms with Crippen molar-refractivity contribution in [2.75, 3.05) is 6.61 Å². The molecule has 3 aromatic rings. The number of hydrogen-bond acceptors (Lipinski definition) is 5. The van der Waals surface area contributed by atoms with Gasteiger partial charge in [0.1, 0.15) is 11.2 Å². The molecule has 5 nitrogen and oxygen atoms in total. The summed E-state index contributed by atoms with van der Waals surface area (Å²) < 4.78 is 26.8. The minimum absolute atomic E-state index is 0.000656. The highest BCUT2D eigenvalue weighted by Gasteiger charge is 2.62. The van der Waals surface area contributed by atoms with Crippen molar-refractivity contribution in [2.24, 2.45) is 0 Å². The van der Waals surface area contributed by atoms with E-state index in [0.29, 0.717) is 6.61 Å². The minimum atomic E-state index is -2.63. The molecule has 1 saturated heterocycles. The summed E-state index contributed by atoms with van der Waals surface area (Å²) in [7, 11) is -2.63. The number of aliphatic hydroxyl groups excluding tert-OH is 1. The number of ether oxygens (including phenoxy) is 3. The summed E-state index contributed by atoms with van der Waals surface area (Å²) in [5, 5.41) is 9.40. The summed E-state index contributed by atoms with van der Waals surface area (Å²) in [5.41, 5.74) is 2.75. The fourth-order valence-corrected chi connectivity index (χ4v) is 10.4. The van der Waals surface area contributed by atoms with E-state index in [4.69, 9.17) is 18.6 Å². The van der Waals surface area contributed by atoms with Crippen LogP contribution in [-0.2, 0) is 37.3 Å². The smallest absolute Gasteiger partial charge is 0.208 e. The molecule has 40 heavy (non-hydrogen) atoms. The van der Waals surface area contributed by atoms with Crippen LogP contribution in [0.5, 0.6) is 0 Å². The molecule has 2 unspecified atom stereocenters. The van der Waals surface area contributed by atoms with E-state index in [1.807, 2.05) is 30.3 Å². The van der Waals surface area contributed by atoms with Crippen molar-refractivity contribution in [3.05, 3.63) is 120 Å². The molecule has 1 fully saturated rings. The summed E-state index contributed by atoms with van der Waals surface area (Å²) in [6, 6.07) is 30.9. The van der Waals surface area contributed by atoms with E-state index in [0.717, 1.165) is 23.2 Å². The normalized spacial score (nSPS) is 26.6. The van der Waals surface area contributed by atoms with Gasteiger partial charge in [-0.2, -0.15) is 0 Å². The second kappa shape index (κ2) is 11.3. The Hall–Kier alpha value is -2.74. The third-order valence-corrected chi connectivity index (χ3v) is 14.4. The Labute approximate surface area is 239 Å². The van der Waals surface area contributed by atoms with E-state index < -0.39 is 25.8 Å². The molecule has 2 aliphatic rings. The lowest BCUT2D eigenvalue weighted by Gasteiger charge is -2.58. The molecule has 5 rings (SSSR count). The maximum Gasteiger partial charge on any atom is 0.208 e. The van der Waals surface area contributed by atoms with E-state index in [9.17, 15) is 5.11 Å². The maximum atomic E-state index is 9.49. The molecule has 2 heterocycles. The lowest BCUT2D eigenvalue weighted by Crippen LogP contribution is -2.70. The molecule has 0 saturated carbocycles. The Balaban J connectivity index is 1.55. The van der Waals surface area contributed by atoms with Crippen LogP contribution in [0.4, 0.5) is 0 Å². The van der Waals surface area contributed by atoms with Crippen LogP contribution in [0.15, 0.2) is 97.3 Å². The summed E-state index contributed by atoms with van der Waals surface area (Å²) >= 11 is 0. The molecule has 3 aromatic carbocycles. The predicted octanol–water partition coefficient (Wildman–Crippen LogP) is 6.98. The predicted molar refractivity (Wildman–Crippen MR) is 160 cm³/mol. The summed E-state index contributed by atoms with van der Waals surface area (Å²) in [6.45, 7) is 11.6. The monoisotopic (exact) mass is 558 g/mol. The van der Waals surface area contributed by atoms with Crippen LogP contribution in [0.1, 0.15) is 63.2 Å². The molecule has 212 valence electrons. The van der Waals surface area contributed by atoms with Crippen molar-refractivity contribution >= 4 is 8.32 Å². The van der Waals surface area contributed by atoms with Gasteiger partial charge in [0.25, 0.3) is 0 Å². The zero-order valence-electron chi connectivity index (χ0n) is 24.3. The van der Waals surface area contributed by atoms with E-state index in [2.05, 4.69) is 95.3 Å². The van der Waals surface area contributed by atoms with Gasteiger partial charge < -0.3 is 23.7 Å². The third-order valence-electron chi connectivity index (χ3n) is 8.85. The molecule has 1 N–H and O–H groups in total. The largest absolute Gasteiger partial charge is 0.493 e. The molecule has 0 aromatic heterocycles. The lowest BCUT2D eigenvalue weighted by molar-refractivity contribution is -0.333. The lowest BCUT2D eigenvalue weighted by atomic mass is 9.79. The first-order chi connectivity index (χ1) is 19.1. The molecular weight excluding hydrogens is 516 g/mol. The molecule has 0 aliphatic carbocycles. The average molecular weight is 559 g/mol. The molecule has 0 spiro atoms. The number of hydrogen-bond donors (Lipinski definition) is 1. The number of rotatable bonds is 8. The van der Waals surface area contributed by atoms with Crippen molar-refractivity contribution in [3.8, 4) is 0 Å². The number of benzene rings is 3. The molecule has 0 radical (unpaired) electrons. The highest BCUT2D eigenvalue weighted by Crippen LogP contribution is 2.51. The zero-order chi connectivity index (χ0) is 28.4. The topological polar surface area (TPSA) is 57.2 Å². The van der Waals surface area contributed by atoms with Gasteiger partial charge in [-0.1, -0.05) is 106 Å². The van der Waals surface area contributed by atoms with Gasteiger partial charge in [0, 0.05) is 5.56 Å². The van der Waals surface area contributed by atoms with Gasteiger partial charge in [-0.05, 0) is 53.7 Å². The van der Waals surface area contributed by atoms with Crippen molar-refractivity contribution in [3.63, 3.8) is 0 Å². The molecule has 4 atom stereocenters. The quantitative estimate of drug-likeness (QED) is 0.302. The van der Waals surface area contributed by atoms with E-state index in [-0.39, 0.29) is 17.7 Å². The Kier molecular flexibility index (Phi) is 8.10. The Morgan fingerprint density at radius 1 is 0.850 bits per heavy atom. The first-order valence-electron chi connectivity index (χ1n) is 14.2. The van der Waals surface area contributed by atoms with Crippen LogP contribution in [0, 0.1) is 0 Å². The van der Waals surface area contributed by atoms with Crippen LogP contribution >= 0.6 is 0 Å². The molecule has 6 heteroatoms. The second-order valence-electron chi connectivity index (χ2n) is 12.5. The maximum absolute atomic E-state index is 9.49. The van der Waals surface area contributed by atoms with Crippen molar-refractivity contribution in [1.29, 1.82) is 0 Å². The molecule has 0 bridgehead atoms. The first kappa shape index (κ1) is 28.8. The van der Waals surface area contributed by atoms with Gasteiger partial charge in [-0.3, -0.25) is 0 Å². The third kappa shape index (κ3) is 5.56. The highest BCUT2D eigenvalue weighted by atomic mass is 28.4. The summed E-state index contributed by atoms with van der Waals surface area (Å²) in [4.78, 5) is 0. The van der Waals surface area contributed by atoms with Crippen molar-refractivity contribution in [2.45, 2.75) is 81.9 Å². The van der Waals surface area contributed by atoms with Gasteiger partial charge >= 0.3 is 0 Å². The average Bonchev–Trinajstić information content (AvgIpc) is 2.94. The van der Waals surface area contributed by atoms with Crippen LogP contribution < -0.4 is 0 Å². The molecule has 2 aliphatic heterocycles. The van der Waals surface area contributed by atoms with Gasteiger partial charge in [-0.15, -0.1) is 0 Å². The van der Waals surface area contributed by atoms with Gasteiger partial charge in [0.05, 0.1) is 19.5 Å². The Morgan fingerprint density at radius 2 is 1.43 bits per heavy atom. The Bertz CT molecular complexity index is 1250. The summed E-state index contributed by atoms with van der Waals surface area (Å²) in [6.07, 6.45) is 2.92. The van der Waals surface area contributed by atoms with Gasteiger partial charge in [-0.25, -0.2) is 0 Å². The van der Waals surface area contributed by atoms with Crippen molar-refractivity contribution < 1.29 is 23.7 Å². The number of fused-ring (bicyclic) bond motifs is 1. The van der Waals surface area contributed by atoms with E-state index >= 15 is 0 Å². The van der Waals surface area contributed by atoms with Crippen LogP contribution in [0.25, 0.3) is 0 Å². The van der Waals surface area contributed by atoms with Crippen LogP contribution in [-0.4, -0.2) is 37.3 Å². The molecule has 0 amide bonds. The fourth-order valence-electron chi connectivity index (χ4n) is 5.86. The fraction of sp³-hybridized carbons (Fsp3) is 0.412. The van der Waals surface area contributed by atoms with E-state index in [1.165, 1.54) is 11.1 Å². The summed E-state index contributed by atoms with van der Waals surface area (Å²) in [5.74, 6) is 0. The number of aliphatic hydroxyl groups is 1. The van der Waals surface area contributed by atoms with E-state index in [1.54, 1.807) is 6.26 Å². The molecular formula is C34H42O5Si. The first-order valence-corrected chi connectivity index (χ1v) is 16.5. The van der Waals surface area contributed by atoms with Gasteiger partial charge in [0.15, 0.2) is 12.4 Å². The van der Waals surface area contributed by atoms with Crippen LogP contribution in [0.3, 0.4) is 0 Å².